The normalized spacial score (nSPS) is 16.8. The van der Waals surface area contributed by atoms with Gasteiger partial charge in [-0.15, -0.1) is 0 Å². The number of allylic oxidation sites excluding steroid dienone is 2. The van der Waals surface area contributed by atoms with Gasteiger partial charge in [-0.3, -0.25) is 4.79 Å². The van der Waals surface area contributed by atoms with Crippen LogP contribution in [0.2, 0.25) is 0 Å². The van der Waals surface area contributed by atoms with E-state index >= 15 is 0 Å². The molecule has 0 saturated heterocycles. The van der Waals surface area contributed by atoms with Gasteiger partial charge in [0.25, 0.3) is 0 Å². The second kappa shape index (κ2) is 18.1. The standard InChI is InChI=1S/C18H32O.C3H8O3/c1-2-3-4-5-6-7-8-9-10-11-12-13-14-17-15-16-18(17)19;4-1-3(6)2-5/h9-10,17H,2-8,11-16H2,1H3;3-6H,1-2H2. The van der Waals surface area contributed by atoms with Gasteiger partial charge in [0.05, 0.1) is 13.2 Å². The van der Waals surface area contributed by atoms with Crippen molar-refractivity contribution >= 4 is 5.78 Å². The molecular weight excluding hydrogens is 316 g/mol. The summed E-state index contributed by atoms with van der Waals surface area (Å²) < 4.78 is 0. The SMILES string of the molecule is CCCCCCCCC=CCCCCC1CCC1=O.OCC(O)CO. The molecule has 0 heterocycles. The number of Topliss-reactive ketones (excluding diaryl/α,β-unsaturated/α-hetero) is 1. The highest BCUT2D eigenvalue weighted by molar-refractivity contribution is 5.86. The third-order valence-electron chi connectivity index (χ3n) is 4.68. The number of ketones is 1. The van der Waals surface area contributed by atoms with Gasteiger partial charge in [0.15, 0.2) is 0 Å². The number of aliphatic hydroxyl groups excluding tert-OH is 3. The molecule has 1 saturated carbocycles. The minimum atomic E-state index is -0.954. The topological polar surface area (TPSA) is 77.8 Å². The first-order valence-electron chi connectivity index (χ1n) is 10.2. The molecule has 148 valence electrons. The van der Waals surface area contributed by atoms with Crippen molar-refractivity contribution in [2.75, 3.05) is 13.2 Å². The van der Waals surface area contributed by atoms with Gasteiger partial charge in [-0.2, -0.15) is 0 Å². The molecular formula is C21H40O4. The maximum Gasteiger partial charge on any atom is 0.136 e. The predicted octanol–water partition coefficient (Wildman–Crippen LogP) is 4.16. The Labute approximate surface area is 154 Å². The van der Waals surface area contributed by atoms with Crippen LogP contribution < -0.4 is 0 Å². The molecule has 4 heteroatoms. The highest BCUT2D eigenvalue weighted by Gasteiger charge is 2.26. The molecule has 0 aromatic heterocycles. The minimum absolute atomic E-state index is 0.365. The maximum atomic E-state index is 11.1. The summed E-state index contributed by atoms with van der Waals surface area (Å²) in [6, 6.07) is 0. The van der Waals surface area contributed by atoms with Crippen molar-refractivity contribution in [3.8, 4) is 0 Å². The Morgan fingerprint density at radius 1 is 0.960 bits per heavy atom. The van der Waals surface area contributed by atoms with Gasteiger partial charge in [-0.25, -0.2) is 0 Å². The van der Waals surface area contributed by atoms with Crippen LogP contribution in [0, 0.1) is 5.92 Å². The number of hydrogen-bond acceptors (Lipinski definition) is 4. The van der Waals surface area contributed by atoms with Crippen molar-refractivity contribution in [1.29, 1.82) is 0 Å². The Morgan fingerprint density at radius 3 is 1.96 bits per heavy atom. The Bertz CT molecular complexity index is 324. The van der Waals surface area contributed by atoms with Crippen LogP contribution in [0.5, 0.6) is 0 Å². The molecule has 4 nitrogen and oxygen atoms in total. The van der Waals surface area contributed by atoms with E-state index in [9.17, 15) is 4.79 Å². The number of carbonyl (C=O) groups is 1. The van der Waals surface area contributed by atoms with Crippen LogP contribution >= 0.6 is 0 Å². The van der Waals surface area contributed by atoms with Gasteiger partial charge in [0.1, 0.15) is 11.9 Å². The molecule has 1 rings (SSSR count). The molecule has 0 spiro atoms. The van der Waals surface area contributed by atoms with Crippen LogP contribution in [0.25, 0.3) is 0 Å². The fraction of sp³-hybridized carbons (Fsp3) is 0.857. The largest absolute Gasteiger partial charge is 0.394 e. The third kappa shape index (κ3) is 15.3. The fourth-order valence-electron chi connectivity index (χ4n) is 2.76. The number of rotatable bonds is 14. The van der Waals surface area contributed by atoms with E-state index in [0.717, 1.165) is 19.3 Å². The molecule has 1 unspecified atom stereocenters. The fourth-order valence-corrected chi connectivity index (χ4v) is 2.76. The van der Waals surface area contributed by atoms with E-state index in [2.05, 4.69) is 19.1 Å². The number of aliphatic hydroxyl groups is 3. The molecule has 3 N–H and O–H groups in total. The van der Waals surface area contributed by atoms with Gasteiger partial charge in [0.2, 0.25) is 0 Å². The lowest BCUT2D eigenvalue weighted by atomic mass is 9.80. The molecule has 0 amide bonds. The van der Waals surface area contributed by atoms with Crippen molar-refractivity contribution in [2.24, 2.45) is 5.92 Å². The van der Waals surface area contributed by atoms with Gasteiger partial charge in [0, 0.05) is 12.3 Å². The molecule has 1 fully saturated rings. The first-order valence-corrected chi connectivity index (χ1v) is 10.2. The smallest absolute Gasteiger partial charge is 0.136 e. The quantitative estimate of drug-likeness (QED) is 0.322. The zero-order chi connectivity index (χ0) is 18.8. The number of unbranched alkanes of at least 4 members (excludes halogenated alkanes) is 8. The third-order valence-corrected chi connectivity index (χ3v) is 4.68. The Balaban J connectivity index is 0.000000823. The highest BCUT2D eigenvalue weighted by Crippen LogP contribution is 2.27. The van der Waals surface area contributed by atoms with Gasteiger partial charge in [-0.05, 0) is 38.5 Å². The summed E-state index contributed by atoms with van der Waals surface area (Å²) >= 11 is 0. The number of hydrogen-bond donors (Lipinski definition) is 3. The lowest BCUT2D eigenvalue weighted by molar-refractivity contribution is -0.129. The first-order chi connectivity index (χ1) is 12.2. The summed E-state index contributed by atoms with van der Waals surface area (Å²) in [6.45, 7) is 1.54. The van der Waals surface area contributed by atoms with E-state index in [1.54, 1.807) is 0 Å². The predicted molar refractivity (Wildman–Crippen MR) is 104 cm³/mol. The molecule has 0 aliphatic heterocycles. The zero-order valence-corrected chi connectivity index (χ0v) is 16.2. The first kappa shape index (κ1) is 24.3. The lowest BCUT2D eigenvalue weighted by Gasteiger charge is -2.23. The van der Waals surface area contributed by atoms with E-state index in [1.165, 1.54) is 64.2 Å². The average molecular weight is 357 g/mol. The van der Waals surface area contributed by atoms with E-state index in [0.29, 0.717) is 11.7 Å². The highest BCUT2D eigenvalue weighted by atomic mass is 16.3. The molecule has 1 aliphatic rings. The molecule has 1 aliphatic carbocycles. The van der Waals surface area contributed by atoms with Crippen molar-refractivity contribution < 1.29 is 20.1 Å². The average Bonchev–Trinajstić information content (AvgIpc) is 2.64. The van der Waals surface area contributed by atoms with Crippen molar-refractivity contribution in [1.82, 2.24) is 0 Å². The van der Waals surface area contributed by atoms with Gasteiger partial charge < -0.3 is 15.3 Å². The molecule has 0 radical (unpaired) electrons. The van der Waals surface area contributed by atoms with Crippen LogP contribution in [-0.2, 0) is 4.79 Å². The van der Waals surface area contributed by atoms with Crippen LogP contribution in [-0.4, -0.2) is 40.4 Å². The maximum absolute atomic E-state index is 11.1. The van der Waals surface area contributed by atoms with Gasteiger partial charge in [-0.1, -0.05) is 57.6 Å². The Kier molecular flexibility index (Phi) is 17.6. The van der Waals surface area contributed by atoms with Crippen molar-refractivity contribution in [3.63, 3.8) is 0 Å². The molecule has 25 heavy (non-hydrogen) atoms. The van der Waals surface area contributed by atoms with E-state index in [4.69, 9.17) is 15.3 Å². The summed E-state index contributed by atoms with van der Waals surface area (Å²) in [4.78, 5) is 11.1. The van der Waals surface area contributed by atoms with Gasteiger partial charge >= 0.3 is 0 Å². The Morgan fingerprint density at radius 2 is 1.52 bits per heavy atom. The van der Waals surface area contributed by atoms with Crippen LogP contribution in [0.1, 0.15) is 90.4 Å². The number of carbonyl (C=O) groups excluding carboxylic acids is 1. The summed E-state index contributed by atoms with van der Waals surface area (Å²) in [5.74, 6) is 0.950. The van der Waals surface area contributed by atoms with Crippen LogP contribution in [0.4, 0.5) is 0 Å². The van der Waals surface area contributed by atoms with Crippen molar-refractivity contribution in [3.05, 3.63) is 12.2 Å². The van der Waals surface area contributed by atoms with E-state index in [1.807, 2.05) is 0 Å². The monoisotopic (exact) mass is 356 g/mol. The summed E-state index contributed by atoms with van der Waals surface area (Å²) in [5, 5.41) is 24.0. The Hall–Kier alpha value is -0.710. The van der Waals surface area contributed by atoms with E-state index in [-0.39, 0.29) is 13.2 Å². The molecule has 1 atom stereocenters. The summed E-state index contributed by atoms with van der Waals surface area (Å²) in [7, 11) is 0. The summed E-state index contributed by atoms with van der Waals surface area (Å²) in [5.41, 5.74) is 0. The second-order valence-electron chi connectivity index (χ2n) is 7.03. The molecule has 0 aromatic rings. The van der Waals surface area contributed by atoms with Crippen molar-refractivity contribution in [2.45, 2.75) is 96.5 Å². The lowest BCUT2D eigenvalue weighted by Crippen LogP contribution is -2.25. The van der Waals surface area contributed by atoms with Crippen LogP contribution in [0.15, 0.2) is 12.2 Å². The summed E-state index contributed by atoms with van der Waals surface area (Å²) in [6.07, 6.45) is 20.2. The second-order valence-corrected chi connectivity index (χ2v) is 7.03. The minimum Gasteiger partial charge on any atom is -0.394 e. The molecule has 0 aromatic carbocycles. The molecule has 0 bridgehead atoms. The van der Waals surface area contributed by atoms with Crippen LogP contribution in [0.3, 0.4) is 0 Å². The zero-order valence-electron chi connectivity index (χ0n) is 16.2. The van der Waals surface area contributed by atoms with E-state index < -0.39 is 6.10 Å².